The van der Waals surface area contributed by atoms with Crippen molar-refractivity contribution in [2.45, 2.75) is 26.0 Å². The Hall–Kier alpha value is -2.28. The molecule has 0 unspecified atom stereocenters. The standard InChI is InChI=1S/C17H20F2N4O/c1-11-9-20-7-8-23(11)17-21-10-15(19)16(22-17)24-12(2)13-3-5-14(18)6-4-13/h3-6,10-12,20H,7-9H2,1-2H3/t11-,12+/m1/s1. The van der Waals surface area contributed by atoms with E-state index in [2.05, 4.69) is 22.2 Å². The molecule has 0 bridgehead atoms. The second-order valence-electron chi connectivity index (χ2n) is 5.88. The van der Waals surface area contributed by atoms with Gasteiger partial charge in [-0.1, -0.05) is 12.1 Å². The molecule has 1 aromatic heterocycles. The van der Waals surface area contributed by atoms with Crippen molar-refractivity contribution in [1.29, 1.82) is 0 Å². The van der Waals surface area contributed by atoms with E-state index in [9.17, 15) is 8.78 Å². The predicted molar refractivity (Wildman–Crippen MR) is 87.1 cm³/mol. The Labute approximate surface area is 139 Å². The lowest BCUT2D eigenvalue weighted by Crippen LogP contribution is -2.50. The Morgan fingerprint density at radius 1 is 1.29 bits per heavy atom. The number of rotatable bonds is 4. The van der Waals surface area contributed by atoms with Crippen molar-refractivity contribution in [2.24, 2.45) is 0 Å². The largest absolute Gasteiger partial charge is 0.468 e. The molecule has 0 spiro atoms. The van der Waals surface area contributed by atoms with Gasteiger partial charge in [0.1, 0.15) is 11.9 Å². The first-order valence-corrected chi connectivity index (χ1v) is 7.96. The molecule has 1 fully saturated rings. The highest BCUT2D eigenvalue weighted by Crippen LogP contribution is 2.25. The van der Waals surface area contributed by atoms with E-state index in [0.29, 0.717) is 5.95 Å². The van der Waals surface area contributed by atoms with Gasteiger partial charge < -0.3 is 15.0 Å². The van der Waals surface area contributed by atoms with Crippen molar-refractivity contribution in [3.63, 3.8) is 0 Å². The number of benzene rings is 1. The van der Waals surface area contributed by atoms with E-state index in [4.69, 9.17) is 4.74 Å². The van der Waals surface area contributed by atoms with Crippen molar-refractivity contribution in [2.75, 3.05) is 24.5 Å². The average molecular weight is 334 g/mol. The summed E-state index contributed by atoms with van der Waals surface area (Å²) in [6.07, 6.45) is 0.673. The highest BCUT2D eigenvalue weighted by Gasteiger charge is 2.22. The third kappa shape index (κ3) is 3.62. The van der Waals surface area contributed by atoms with Crippen molar-refractivity contribution in [3.05, 3.63) is 47.7 Å². The van der Waals surface area contributed by atoms with E-state index in [1.54, 1.807) is 19.1 Å². The lowest BCUT2D eigenvalue weighted by Gasteiger charge is -2.34. The zero-order valence-electron chi connectivity index (χ0n) is 13.7. The smallest absolute Gasteiger partial charge is 0.255 e. The summed E-state index contributed by atoms with van der Waals surface area (Å²) < 4.78 is 32.7. The van der Waals surface area contributed by atoms with Crippen LogP contribution in [-0.2, 0) is 0 Å². The van der Waals surface area contributed by atoms with Crippen LogP contribution in [0.5, 0.6) is 5.88 Å². The predicted octanol–water partition coefficient (Wildman–Crippen LogP) is 2.69. The maximum absolute atomic E-state index is 14.0. The van der Waals surface area contributed by atoms with Crippen LogP contribution >= 0.6 is 0 Å². The van der Waals surface area contributed by atoms with Gasteiger partial charge in [0, 0.05) is 25.7 Å². The number of nitrogens with zero attached hydrogens (tertiary/aromatic N) is 3. The van der Waals surface area contributed by atoms with Crippen LogP contribution < -0.4 is 15.0 Å². The van der Waals surface area contributed by atoms with Crippen LogP contribution in [0.3, 0.4) is 0 Å². The SMILES string of the molecule is C[C@H](Oc1nc(N2CCNC[C@H]2C)ncc1F)c1ccc(F)cc1. The molecule has 24 heavy (non-hydrogen) atoms. The van der Waals surface area contributed by atoms with E-state index in [0.717, 1.165) is 31.4 Å². The van der Waals surface area contributed by atoms with Crippen molar-refractivity contribution >= 4 is 5.95 Å². The molecule has 0 radical (unpaired) electrons. The fraction of sp³-hybridized carbons (Fsp3) is 0.412. The molecule has 1 aliphatic rings. The maximum Gasteiger partial charge on any atom is 0.255 e. The van der Waals surface area contributed by atoms with E-state index in [1.165, 1.54) is 12.1 Å². The van der Waals surface area contributed by atoms with Crippen LogP contribution in [0.2, 0.25) is 0 Å². The summed E-state index contributed by atoms with van der Waals surface area (Å²) in [6, 6.07) is 6.13. The normalized spacial score (nSPS) is 19.2. The summed E-state index contributed by atoms with van der Waals surface area (Å²) in [5, 5.41) is 3.29. The van der Waals surface area contributed by atoms with Gasteiger partial charge in [0.15, 0.2) is 0 Å². The quantitative estimate of drug-likeness (QED) is 0.932. The minimum absolute atomic E-state index is 0.0949. The maximum atomic E-state index is 14.0. The topological polar surface area (TPSA) is 50.3 Å². The molecule has 7 heteroatoms. The summed E-state index contributed by atoms with van der Waals surface area (Å²) in [5.41, 5.74) is 0.742. The highest BCUT2D eigenvalue weighted by molar-refractivity contribution is 5.35. The number of hydrogen-bond acceptors (Lipinski definition) is 5. The first-order chi connectivity index (χ1) is 11.5. The molecule has 5 nitrogen and oxygen atoms in total. The van der Waals surface area contributed by atoms with Gasteiger partial charge in [-0.25, -0.2) is 9.37 Å². The number of aromatic nitrogens is 2. The molecule has 0 saturated carbocycles. The van der Waals surface area contributed by atoms with Crippen LogP contribution in [0.1, 0.15) is 25.5 Å². The lowest BCUT2D eigenvalue weighted by atomic mass is 10.1. The summed E-state index contributed by atoms with van der Waals surface area (Å²) in [5.74, 6) is -0.584. The monoisotopic (exact) mass is 334 g/mol. The molecule has 2 heterocycles. The summed E-state index contributed by atoms with van der Waals surface area (Å²) in [7, 11) is 0. The zero-order chi connectivity index (χ0) is 17.1. The van der Waals surface area contributed by atoms with Crippen LogP contribution in [0.15, 0.2) is 30.5 Å². The van der Waals surface area contributed by atoms with Gasteiger partial charge in [0.25, 0.3) is 5.88 Å². The number of ether oxygens (including phenoxy) is 1. The van der Waals surface area contributed by atoms with Crippen LogP contribution in [0, 0.1) is 11.6 Å². The van der Waals surface area contributed by atoms with Gasteiger partial charge >= 0.3 is 0 Å². The minimum atomic E-state index is -0.615. The lowest BCUT2D eigenvalue weighted by molar-refractivity contribution is 0.205. The van der Waals surface area contributed by atoms with Crippen LogP contribution in [0.4, 0.5) is 14.7 Å². The first-order valence-electron chi connectivity index (χ1n) is 7.96. The van der Waals surface area contributed by atoms with Gasteiger partial charge in [-0.3, -0.25) is 0 Å². The van der Waals surface area contributed by atoms with E-state index in [-0.39, 0.29) is 17.7 Å². The van der Waals surface area contributed by atoms with Gasteiger partial charge in [0.05, 0.1) is 6.20 Å². The second kappa shape index (κ2) is 7.09. The fourth-order valence-corrected chi connectivity index (χ4v) is 2.67. The van der Waals surface area contributed by atoms with Crippen molar-refractivity contribution in [1.82, 2.24) is 15.3 Å². The van der Waals surface area contributed by atoms with Gasteiger partial charge in [-0.2, -0.15) is 9.37 Å². The molecule has 1 saturated heterocycles. The number of halogens is 2. The second-order valence-corrected chi connectivity index (χ2v) is 5.88. The van der Waals surface area contributed by atoms with E-state index >= 15 is 0 Å². The molecule has 0 amide bonds. The van der Waals surface area contributed by atoms with Crippen molar-refractivity contribution < 1.29 is 13.5 Å². The first kappa shape index (κ1) is 16.6. The van der Waals surface area contributed by atoms with Gasteiger partial charge in [-0.05, 0) is 31.5 Å². The summed E-state index contributed by atoms with van der Waals surface area (Å²) in [4.78, 5) is 10.4. The van der Waals surface area contributed by atoms with E-state index < -0.39 is 11.9 Å². The number of hydrogen-bond donors (Lipinski definition) is 1. The van der Waals surface area contributed by atoms with E-state index in [1.807, 2.05) is 4.90 Å². The third-order valence-electron chi connectivity index (χ3n) is 4.09. The highest BCUT2D eigenvalue weighted by atomic mass is 19.1. The van der Waals surface area contributed by atoms with Gasteiger partial charge in [-0.15, -0.1) is 0 Å². The number of piperazine rings is 1. The van der Waals surface area contributed by atoms with Crippen LogP contribution in [-0.4, -0.2) is 35.6 Å². The molecular formula is C17H20F2N4O. The molecule has 1 N–H and O–H groups in total. The number of nitrogens with one attached hydrogen (secondary N) is 1. The number of anilines is 1. The molecule has 1 aromatic carbocycles. The average Bonchev–Trinajstić information content (AvgIpc) is 2.58. The molecule has 1 aliphatic heterocycles. The molecule has 128 valence electrons. The molecule has 3 rings (SSSR count). The Morgan fingerprint density at radius 2 is 2.04 bits per heavy atom. The Balaban J connectivity index is 1.79. The fourth-order valence-electron chi connectivity index (χ4n) is 2.67. The van der Waals surface area contributed by atoms with Crippen molar-refractivity contribution in [3.8, 4) is 5.88 Å². The Kier molecular flexibility index (Phi) is 4.89. The minimum Gasteiger partial charge on any atom is -0.468 e. The van der Waals surface area contributed by atoms with Gasteiger partial charge in [0.2, 0.25) is 11.8 Å². The Morgan fingerprint density at radius 3 is 2.75 bits per heavy atom. The molecule has 0 aliphatic carbocycles. The third-order valence-corrected chi connectivity index (χ3v) is 4.09. The molecule has 2 atom stereocenters. The van der Waals surface area contributed by atoms with Crippen LogP contribution in [0.25, 0.3) is 0 Å². The summed E-state index contributed by atoms with van der Waals surface area (Å²) >= 11 is 0. The Bertz CT molecular complexity index is 695. The molecular weight excluding hydrogens is 314 g/mol. The zero-order valence-corrected chi connectivity index (χ0v) is 13.7. The summed E-state index contributed by atoms with van der Waals surface area (Å²) in [6.45, 7) is 6.22. The molecule has 2 aromatic rings.